The van der Waals surface area contributed by atoms with E-state index >= 15 is 0 Å². The minimum Gasteiger partial charge on any atom is -0.480 e. The van der Waals surface area contributed by atoms with Crippen LogP contribution in [-0.4, -0.2) is 41.4 Å². The Morgan fingerprint density at radius 2 is 2.00 bits per heavy atom. The van der Waals surface area contributed by atoms with Gasteiger partial charge in [-0.3, -0.25) is 9.52 Å². The fourth-order valence-electron chi connectivity index (χ4n) is 2.60. The lowest BCUT2D eigenvalue weighted by molar-refractivity contribution is 0.111. The van der Waals surface area contributed by atoms with Crippen molar-refractivity contribution in [1.82, 2.24) is 19.6 Å². The Balaban J connectivity index is 1.75. The highest BCUT2D eigenvalue weighted by atomic mass is 32.2. The molecule has 0 fully saturated rings. The molecule has 1 N–H and O–H groups in total. The zero-order chi connectivity index (χ0) is 21.5. The summed E-state index contributed by atoms with van der Waals surface area (Å²) in [7, 11) is -3.13. The van der Waals surface area contributed by atoms with Gasteiger partial charge in [-0.05, 0) is 18.2 Å². The highest BCUT2D eigenvalue weighted by molar-refractivity contribution is 7.92. The van der Waals surface area contributed by atoms with Gasteiger partial charge in [-0.1, -0.05) is 11.3 Å². The molecule has 3 aromatic heterocycles. The maximum atomic E-state index is 14.0. The zero-order valence-electron chi connectivity index (χ0n) is 15.0. The number of benzene rings is 1. The molecule has 30 heavy (non-hydrogen) atoms. The first-order valence-electron chi connectivity index (χ1n) is 8.14. The Morgan fingerprint density at radius 3 is 2.70 bits per heavy atom. The third-order valence-electron chi connectivity index (χ3n) is 3.95. The lowest BCUT2D eigenvalue weighted by atomic mass is 10.3. The molecule has 1 aromatic carbocycles. The maximum absolute atomic E-state index is 14.0. The van der Waals surface area contributed by atoms with Gasteiger partial charge in [0, 0.05) is 17.8 Å². The number of sulfonamides is 1. The number of carbonyl (C=O) groups excluding carboxylic acids is 1. The van der Waals surface area contributed by atoms with Gasteiger partial charge in [0.2, 0.25) is 10.8 Å². The van der Waals surface area contributed by atoms with E-state index in [0.717, 1.165) is 23.5 Å². The Bertz CT molecular complexity index is 1380. The third kappa shape index (κ3) is 3.48. The van der Waals surface area contributed by atoms with Crippen molar-refractivity contribution in [3.05, 3.63) is 54.0 Å². The van der Waals surface area contributed by atoms with Gasteiger partial charge in [0.25, 0.3) is 10.0 Å². The molecule has 3 heterocycles. The van der Waals surface area contributed by atoms with Gasteiger partial charge in [-0.15, -0.1) is 0 Å². The first-order chi connectivity index (χ1) is 14.3. The molecule has 0 saturated heterocycles. The molecule has 13 heteroatoms. The topological polar surface area (TPSA) is 116 Å². The number of anilines is 1. The molecule has 0 unspecified atom stereocenters. The number of nitrogens with zero attached hydrogens (tertiary/aromatic N) is 4. The smallest absolute Gasteiger partial charge is 0.264 e. The van der Waals surface area contributed by atoms with E-state index in [9.17, 15) is 22.0 Å². The Hall–Kier alpha value is -3.45. The Labute approximate surface area is 172 Å². The van der Waals surface area contributed by atoms with Gasteiger partial charge in [0.1, 0.15) is 32.9 Å². The largest absolute Gasteiger partial charge is 0.480 e. The van der Waals surface area contributed by atoms with Gasteiger partial charge in [-0.25, -0.2) is 27.2 Å². The number of nitrogens with one attached hydrogen (secondary N) is 1. The fraction of sp³-hybridized carbons (Fsp3) is 0.0588. The highest BCUT2D eigenvalue weighted by Crippen LogP contribution is 2.32. The fourth-order valence-corrected chi connectivity index (χ4v) is 4.58. The van der Waals surface area contributed by atoms with E-state index in [1.165, 1.54) is 30.1 Å². The van der Waals surface area contributed by atoms with Crippen molar-refractivity contribution in [2.24, 2.45) is 0 Å². The monoisotopic (exact) mass is 451 g/mol. The minimum atomic E-state index is -4.41. The second kappa shape index (κ2) is 7.42. The number of imidazole rings is 1. The average Bonchev–Trinajstić information content (AvgIpc) is 3.28. The molecule has 0 atom stereocenters. The van der Waals surface area contributed by atoms with E-state index in [0.29, 0.717) is 27.9 Å². The molecule has 0 aliphatic heterocycles. The average molecular weight is 451 g/mol. The van der Waals surface area contributed by atoms with Crippen molar-refractivity contribution in [2.45, 2.75) is 4.90 Å². The summed E-state index contributed by atoms with van der Waals surface area (Å²) in [6, 6.07) is 3.51. The van der Waals surface area contributed by atoms with Gasteiger partial charge in [-0.2, -0.15) is 9.61 Å². The number of rotatable bonds is 6. The second-order valence-corrected chi connectivity index (χ2v) is 8.47. The van der Waals surface area contributed by atoms with Crippen molar-refractivity contribution < 1.29 is 26.7 Å². The summed E-state index contributed by atoms with van der Waals surface area (Å²) in [6.45, 7) is 0. The van der Waals surface area contributed by atoms with Crippen molar-refractivity contribution in [3.8, 4) is 16.5 Å². The van der Waals surface area contributed by atoms with Crippen LogP contribution in [0.4, 0.5) is 14.5 Å². The molecular formula is C17H11F2N5O4S2. The molecule has 154 valence electrons. The molecule has 0 aliphatic rings. The van der Waals surface area contributed by atoms with Crippen molar-refractivity contribution in [1.29, 1.82) is 0 Å². The number of aldehydes is 1. The van der Waals surface area contributed by atoms with Crippen LogP contribution < -0.4 is 9.46 Å². The van der Waals surface area contributed by atoms with Crippen molar-refractivity contribution in [2.75, 3.05) is 11.8 Å². The zero-order valence-corrected chi connectivity index (χ0v) is 16.7. The van der Waals surface area contributed by atoms with Gasteiger partial charge < -0.3 is 4.74 Å². The molecule has 0 amide bonds. The van der Waals surface area contributed by atoms with Crippen LogP contribution in [0.1, 0.15) is 10.5 Å². The van der Waals surface area contributed by atoms with Crippen LogP contribution in [0.2, 0.25) is 0 Å². The lowest BCUT2D eigenvalue weighted by Crippen LogP contribution is -2.15. The summed E-state index contributed by atoms with van der Waals surface area (Å²) in [5.41, 5.74) is 0.573. The van der Waals surface area contributed by atoms with E-state index in [4.69, 9.17) is 4.74 Å². The minimum absolute atomic E-state index is 0.0697. The molecule has 0 aliphatic carbocycles. The highest BCUT2D eigenvalue weighted by Gasteiger charge is 2.23. The second-order valence-electron chi connectivity index (χ2n) is 5.86. The summed E-state index contributed by atoms with van der Waals surface area (Å²) in [6.07, 6.45) is 3.37. The number of halogens is 2. The van der Waals surface area contributed by atoms with Crippen LogP contribution in [0.3, 0.4) is 0 Å². The van der Waals surface area contributed by atoms with Crippen LogP contribution in [0.15, 0.2) is 41.6 Å². The predicted octanol–water partition coefficient (Wildman–Crippen LogP) is 2.75. The standard InChI is InChI=1S/C17H11F2N5O4S2/c1-28-15-13(23-30(26,27)14-3-2-10(18)5-12(14)19)4-9(6-20-15)16-22-24-11(8-25)7-21-17(24)29-16/h2-8,23H,1H3. The Kier molecular flexibility index (Phi) is 4.91. The van der Waals surface area contributed by atoms with E-state index in [2.05, 4.69) is 19.8 Å². The predicted molar refractivity (Wildman–Crippen MR) is 103 cm³/mol. The van der Waals surface area contributed by atoms with Crippen LogP contribution in [0.5, 0.6) is 5.88 Å². The molecule has 9 nitrogen and oxygen atoms in total. The van der Waals surface area contributed by atoms with Crippen LogP contribution in [0.25, 0.3) is 15.5 Å². The quantitative estimate of drug-likeness (QED) is 0.448. The number of fused-ring (bicyclic) bond motifs is 1. The van der Waals surface area contributed by atoms with Crippen molar-refractivity contribution in [3.63, 3.8) is 0 Å². The number of ether oxygens (including phenoxy) is 1. The Morgan fingerprint density at radius 1 is 1.20 bits per heavy atom. The first-order valence-corrected chi connectivity index (χ1v) is 10.4. The number of hydrogen-bond donors (Lipinski definition) is 1. The lowest BCUT2D eigenvalue weighted by Gasteiger charge is -2.12. The number of aromatic nitrogens is 4. The van der Waals surface area contributed by atoms with Gasteiger partial charge in [0.15, 0.2) is 6.29 Å². The number of methoxy groups -OCH3 is 1. The van der Waals surface area contributed by atoms with E-state index in [1.54, 1.807) is 0 Å². The van der Waals surface area contributed by atoms with Gasteiger partial charge in [0.05, 0.1) is 13.3 Å². The number of hydrogen-bond acceptors (Lipinski definition) is 8. The summed E-state index contributed by atoms with van der Waals surface area (Å²) >= 11 is 1.15. The molecule has 0 spiro atoms. The molecule has 0 saturated carbocycles. The molecule has 4 aromatic rings. The summed E-state index contributed by atoms with van der Waals surface area (Å²) in [5.74, 6) is -2.22. The third-order valence-corrected chi connectivity index (χ3v) is 6.32. The molecule has 4 rings (SSSR count). The van der Waals surface area contributed by atoms with Crippen LogP contribution >= 0.6 is 11.3 Å². The maximum Gasteiger partial charge on any atom is 0.264 e. The summed E-state index contributed by atoms with van der Waals surface area (Å²) in [5, 5.41) is 4.68. The van der Waals surface area contributed by atoms with Crippen LogP contribution in [-0.2, 0) is 10.0 Å². The first kappa shape index (κ1) is 19.8. The summed E-state index contributed by atoms with van der Waals surface area (Å²) in [4.78, 5) is 18.9. The molecule has 0 radical (unpaired) electrons. The SMILES string of the molecule is COc1ncc(-c2nn3c(C=O)cnc3s2)cc1NS(=O)(=O)c1ccc(F)cc1F. The van der Waals surface area contributed by atoms with Gasteiger partial charge >= 0.3 is 0 Å². The number of carbonyl (C=O) groups is 1. The van der Waals surface area contributed by atoms with Crippen LogP contribution in [0, 0.1) is 11.6 Å². The number of pyridine rings is 1. The molecule has 0 bridgehead atoms. The molecular weight excluding hydrogens is 440 g/mol. The normalized spacial score (nSPS) is 11.6. The van der Waals surface area contributed by atoms with E-state index in [-0.39, 0.29) is 17.3 Å². The summed E-state index contributed by atoms with van der Waals surface area (Å²) < 4.78 is 60.9. The van der Waals surface area contributed by atoms with Crippen molar-refractivity contribution >= 4 is 38.3 Å². The van der Waals surface area contributed by atoms with E-state index in [1.807, 2.05) is 0 Å². The van der Waals surface area contributed by atoms with E-state index < -0.39 is 26.6 Å².